The quantitative estimate of drug-likeness (QED) is 0.680. The Hall–Kier alpha value is -2.02. The van der Waals surface area contributed by atoms with E-state index in [4.69, 9.17) is 9.47 Å². The molecule has 2 aliphatic rings. The number of benzene rings is 1. The van der Waals surface area contributed by atoms with Gasteiger partial charge >= 0.3 is 0 Å². The summed E-state index contributed by atoms with van der Waals surface area (Å²) in [6.45, 7) is 2.22. The Bertz CT molecular complexity index is 601. The van der Waals surface area contributed by atoms with Gasteiger partial charge in [-0.3, -0.25) is 4.79 Å². The maximum absolute atomic E-state index is 11.5. The van der Waals surface area contributed by atoms with E-state index in [0.29, 0.717) is 10.9 Å². The number of amides is 1. The first-order chi connectivity index (χ1) is 9.76. The van der Waals surface area contributed by atoms with Crippen molar-refractivity contribution in [3.05, 3.63) is 23.8 Å². The minimum atomic E-state index is -0.0607. The maximum Gasteiger partial charge on any atom is 0.239 e. The number of nitrogens with zero attached hydrogens (tertiary/aromatic N) is 2. The lowest BCUT2D eigenvalue weighted by Gasteiger charge is -1.96. The Morgan fingerprint density at radius 3 is 3.10 bits per heavy atom. The van der Waals surface area contributed by atoms with E-state index in [2.05, 4.69) is 15.5 Å². The summed E-state index contributed by atoms with van der Waals surface area (Å²) in [4.78, 5) is 11.5. The third-order valence-corrected chi connectivity index (χ3v) is 4.14. The van der Waals surface area contributed by atoms with E-state index in [1.807, 2.05) is 25.1 Å². The van der Waals surface area contributed by atoms with Crippen LogP contribution < -0.4 is 14.8 Å². The molecule has 6 nitrogen and oxygen atoms in total. The van der Waals surface area contributed by atoms with Crippen molar-refractivity contribution in [3.8, 4) is 11.5 Å². The molecule has 104 valence electrons. The average molecular weight is 291 g/mol. The number of hydrogen-bond acceptors (Lipinski definition) is 6. The Kier molecular flexibility index (Phi) is 3.60. The normalized spacial score (nSPS) is 22.8. The number of rotatable bonds is 3. The summed E-state index contributed by atoms with van der Waals surface area (Å²) >= 11 is 1.40. The molecule has 1 atom stereocenters. The van der Waals surface area contributed by atoms with Gasteiger partial charge in [-0.1, -0.05) is 18.7 Å². The summed E-state index contributed by atoms with van der Waals surface area (Å²) in [7, 11) is 0. The van der Waals surface area contributed by atoms with E-state index in [9.17, 15) is 4.79 Å². The lowest BCUT2D eigenvalue weighted by atomic mass is 10.2. The molecule has 1 fully saturated rings. The van der Waals surface area contributed by atoms with Crippen LogP contribution in [0.3, 0.4) is 0 Å². The van der Waals surface area contributed by atoms with Crippen LogP contribution in [0.25, 0.3) is 0 Å². The number of fused-ring (bicyclic) bond motifs is 1. The minimum Gasteiger partial charge on any atom is -0.454 e. The van der Waals surface area contributed by atoms with Gasteiger partial charge in [0, 0.05) is 0 Å². The van der Waals surface area contributed by atoms with Crippen LogP contribution in [-0.2, 0) is 4.79 Å². The summed E-state index contributed by atoms with van der Waals surface area (Å²) in [5.41, 5.74) is 0.861. The van der Waals surface area contributed by atoms with Gasteiger partial charge in [-0.2, -0.15) is 5.10 Å². The average Bonchev–Trinajstić information content (AvgIpc) is 3.04. The van der Waals surface area contributed by atoms with Crippen molar-refractivity contribution in [3.63, 3.8) is 0 Å². The first kappa shape index (κ1) is 13.0. The molecule has 0 radical (unpaired) electrons. The lowest BCUT2D eigenvalue weighted by molar-refractivity contribution is -0.118. The van der Waals surface area contributed by atoms with Crippen LogP contribution in [0.5, 0.6) is 11.5 Å². The van der Waals surface area contributed by atoms with Crippen LogP contribution in [0, 0.1) is 0 Å². The van der Waals surface area contributed by atoms with Crippen LogP contribution in [0.1, 0.15) is 18.9 Å². The van der Waals surface area contributed by atoms with Crippen molar-refractivity contribution in [2.24, 2.45) is 10.2 Å². The number of carbonyl (C=O) groups is 1. The fraction of sp³-hybridized carbons (Fsp3) is 0.308. The second kappa shape index (κ2) is 5.54. The SMILES string of the molecule is CC[C@@H]1SC(=N/N=C\c2ccc3c(c2)OCO3)NC1=O. The number of amidine groups is 1. The van der Waals surface area contributed by atoms with Gasteiger partial charge in [-0.15, -0.1) is 5.10 Å². The van der Waals surface area contributed by atoms with Crippen LogP contribution in [-0.4, -0.2) is 29.3 Å². The Balaban J connectivity index is 1.68. The molecule has 3 rings (SSSR count). The van der Waals surface area contributed by atoms with E-state index in [1.54, 1.807) is 6.21 Å². The second-order valence-corrected chi connectivity index (χ2v) is 5.46. The molecular weight excluding hydrogens is 278 g/mol. The van der Waals surface area contributed by atoms with Gasteiger partial charge in [0.05, 0.1) is 11.5 Å². The molecule has 2 aliphatic heterocycles. The van der Waals surface area contributed by atoms with Crippen molar-refractivity contribution in [2.75, 3.05) is 6.79 Å². The van der Waals surface area contributed by atoms with Gasteiger partial charge in [0.15, 0.2) is 16.7 Å². The number of carbonyl (C=O) groups excluding carboxylic acids is 1. The van der Waals surface area contributed by atoms with Gasteiger partial charge in [-0.05, 0) is 30.2 Å². The fourth-order valence-corrected chi connectivity index (χ4v) is 2.72. The standard InChI is InChI=1S/C13H13N3O3S/c1-2-11-12(17)15-13(20-11)16-14-6-8-3-4-9-10(5-8)19-7-18-9/h3-6,11H,2,7H2,1H3,(H,15,16,17)/b14-6-/t11-/m0/s1. The predicted molar refractivity (Wildman–Crippen MR) is 77.4 cm³/mol. The highest BCUT2D eigenvalue weighted by Crippen LogP contribution is 2.32. The van der Waals surface area contributed by atoms with Crippen molar-refractivity contribution in [1.29, 1.82) is 0 Å². The third-order valence-electron chi connectivity index (χ3n) is 2.90. The van der Waals surface area contributed by atoms with E-state index in [0.717, 1.165) is 17.7 Å². The zero-order valence-corrected chi connectivity index (χ0v) is 11.6. The molecule has 1 saturated heterocycles. The van der Waals surface area contributed by atoms with Gasteiger partial charge in [0.2, 0.25) is 12.7 Å². The minimum absolute atomic E-state index is 0.00507. The first-order valence-electron chi connectivity index (χ1n) is 6.24. The highest BCUT2D eigenvalue weighted by atomic mass is 32.2. The van der Waals surface area contributed by atoms with Crippen molar-refractivity contribution >= 4 is 29.1 Å². The molecule has 0 bridgehead atoms. The van der Waals surface area contributed by atoms with Crippen molar-refractivity contribution in [2.45, 2.75) is 18.6 Å². The highest BCUT2D eigenvalue weighted by molar-refractivity contribution is 8.15. The summed E-state index contributed by atoms with van der Waals surface area (Å²) in [6.07, 6.45) is 2.39. The second-order valence-electron chi connectivity index (χ2n) is 4.27. The summed E-state index contributed by atoms with van der Waals surface area (Å²) in [5, 5.41) is 11.2. The van der Waals surface area contributed by atoms with Crippen LogP contribution >= 0.6 is 11.8 Å². The molecule has 1 aromatic carbocycles. The lowest BCUT2D eigenvalue weighted by Crippen LogP contribution is -2.24. The molecule has 0 saturated carbocycles. The monoisotopic (exact) mass is 291 g/mol. The third kappa shape index (κ3) is 2.62. The molecular formula is C13H13N3O3S. The molecule has 1 aromatic rings. The van der Waals surface area contributed by atoms with Gasteiger partial charge in [0.1, 0.15) is 0 Å². The largest absolute Gasteiger partial charge is 0.454 e. The van der Waals surface area contributed by atoms with Crippen molar-refractivity contribution in [1.82, 2.24) is 5.32 Å². The molecule has 0 aromatic heterocycles. The number of nitrogens with one attached hydrogen (secondary N) is 1. The Morgan fingerprint density at radius 1 is 1.45 bits per heavy atom. The topological polar surface area (TPSA) is 72.3 Å². The molecule has 20 heavy (non-hydrogen) atoms. The van der Waals surface area contributed by atoms with Gasteiger partial charge in [0.25, 0.3) is 0 Å². The maximum atomic E-state index is 11.5. The number of ether oxygens (including phenoxy) is 2. The van der Waals surface area contributed by atoms with Crippen LogP contribution in [0.4, 0.5) is 0 Å². The Morgan fingerprint density at radius 2 is 2.30 bits per heavy atom. The molecule has 1 amide bonds. The predicted octanol–water partition coefficient (Wildman–Crippen LogP) is 1.75. The molecule has 7 heteroatoms. The summed E-state index contributed by atoms with van der Waals surface area (Å²) < 4.78 is 10.5. The summed E-state index contributed by atoms with van der Waals surface area (Å²) in [5.74, 6) is 1.43. The molecule has 0 spiro atoms. The zero-order chi connectivity index (χ0) is 13.9. The van der Waals surface area contributed by atoms with Crippen molar-refractivity contribution < 1.29 is 14.3 Å². The molecule has 0 aliphatic carbocycles. The van der Waals surface area contributed by atoms with Gasteiger partial charge in [-0.25, -0.2) is 0 Å². The highest BCUT2D eigenvalue weighted by Gasteiger charge is 2.28. The molecule has 0 unspecified atom stereocenters. The molecule has 1 N–H and O–H groups in total. The fourth-order valence-electron chi connectivity index (χ4n) is 1.86. The summed E-state index contributed by atoms with van der Waals surface area (Å²) in [6, 6.07) is 5.53. The number of hydrogen-bond donors (Lipinski definition) is 1. The van der Waals surface area contributed by atoms with E-state index in [1.165, 1.54) is 11.8 Å². The zero-order valence-electron chi connectivity index (χ0n) is 10.8. The Labute approximate surface area is 120 Å². The van der Waals surface area contributed by atoms with Gasteiger partial charge < -0.3 is 14.8 Å². The van der Waals surface area contributed by atoms with Crippen LogP contribution in [0.15, 0.2) is 28.4 Å². The first-order valence-corrected chi connectivity index (χ1v) is 7.12. The van der Waals surface area contributed by atoms with Crippen LogP contribution in [0.2, 0.25) is 0 Å². The van der Waals surface area contributed by atoms with E-state index >= 15 is 0 Å². The van der Waals surface area contributed by atoms with E-state index < -0.39 is 0 Å². The smallest absolute Gasteiger partial charge is 0.239 e. The molecule has 2 heterocycles. The number of thioether (sulfide) groups is 1. The van der Waals surface area contributed by atoms with E-state index in [-0.39, 0.29) is 18.0 Å².